The van der Waals surface area contributed by atoms with Crippen molar-refractivity contribution in [2.45, 2.75) is 13.1 Å². The lowest BCUT2D eigenvalue weighted by atomic mass is 10.2. The molecule has 0 spiro atoms. The minimum atomic E-state index is -0.293. The Labute approximate surface area is 167 Å². The first-order valence-electron chi connectivity index (χ1n) is 8.30. The Bertz CT molecular complexity index is 912. The number of ether oxygens (including phenoxy) is 2. The second kappa shape index (κ2) is 8.69. The number of methoxy groups -OCH3 is 2. The maximum Gasteiger partial charge on any atom is 0.161 e. The molecule has 3 rings (SSSR count). The van der Waals surface area contributed by atoms with Gasteiger partial charge in [-0.3, -0.25) is 4.90 Å². The first-order valence-corrected chi connectivity index (χ1v) is 9.55. The molecule has 0 aliphatic carbocycles. The number of aromatic nitrogens is 1. The fourth-order valence-corrected chi connectivity index (χ4v) is 3.80. The Hall–Kier alpha value is -2.15. The van der Waals surface area contributed by atoms with Gasteiger partial charge in [0.15, 0.2) is 11.5 Å². The van der Waals surface area contributed by atoms with Crippen molar-refractivity contribution in [3.63, 3.8) is 0 Å². The van der Waals surface area contributed by atoms with Gasteiger partial charge in [0.25, 0.3) is 0 Å². The van der Waals surface area contributed by atoms with E-state index in [-0.39, 0.29) is 5.82 Å². The van der Waals surface area contributed by atoms with Gasteiger partial charge in [0.1, 0.15) is 10.8 Å². The topological polar surface area (TPSA) is 34.6 Å². The van der Waals surface area contributed by atoms with Gasteiger partial charge in [-0.15, -0.1) is 11.3 Å². The van der Waals surface area contributed by atoms with Crippen LogP contribution in [0, 0.1) is 5.82 Å². The highest BCUT2D eigenvalue weighted by Gasteiger charge is 2.13. The van der Waals surface area contributed by atoms with Gasteiger partial charge in [0, 0.05) is 34.6 Å². The van der Waals surface area contributed by atoms with Gasteiger partial charge < -0.3 is 9.47 Å². The summed E-state index contributed by atoms with van der Waals surface area (Å²) in [5, 5.41) is 3.33. The minimum Gasteiger partial charge on any atom is -0.493 e. The maximum atomic E-state index is 14.0. The predicted octanol–water partition coefficient (Wildman–Crippen LogP) is 5.25. The van der Waals surface area contributed by atoms with E-state index >= 15 is 0 Å². The van der Waals surface area contributed by atoms with E-state index in [9.17, 15) is 4.39 Å². The van der Waals surface area contributed by atoms with E-state index in [4.69, 9.17) is 26.1 Å². The zero-order chi connectivity index (χ0) is 19.4. The van der Waals surface area contributed by atoms with Crippen LogP contribution >= 0.6 is 22.9 Å². The fourth-order valence-electron chi connectivity index (χ4n) is 2.77. The Morgan fingerprint density at radius 1 is 1.11 bits per heavy atom. The van der Waals surface area contributed by atoms with Gasteiger partial charge in [-0.25, -0.2) is 9.37 Å². The Morgan fingerprint density at radius 2 is 1.89 bits per heavy atom. The summed E-state index contributed by atoms with van der Waals surface area (Å²) in [6.07, 6.45) is 0. The summed E-state index contributed by atoms with van der Waals surface area (Å²) < 4.78 is 24.6. The molecular formula is C20H20ClFN2O2S. The molecule has 0 atom stereocenters. The molecule has 0 saturated carbocycles. The van der Waals surface area contributed by atoms with Crippen LogP contribution in [0.25, 0.3) is 10.6 Å². The summed E-state index contributed by atoms with van der Waals surface area (Å²) in [6, 6.07) is 10.5. The van der Waals surface area contributed by atoms with E-state index in [1.54, 1.807) is 37.7 Å². The Balaban J connectivity index is 1.72. The first kappa shape index (κ1) is 19.6. The smallest absolute Gasteiger partial charge is 0.161 e. The van der Waals surface area contributed by atoms with Crippen LogP contribution in [0.5, 0.6) is 11.5 Å². The van der Waals surface area contributed by atoms with Crippen molar-refractivity contribution in [1.29, 1.82) is 0 Å². The van der Waals surface area contributed by atoms with Gasteiger partial charge in [0.05, 0.1) is 19.9 Å². The van der Waals surface area contributed by atoms with Crippen LogP contribution in [0.15, 0.2) is 41.8 Å². The summed E-state index contributed by atoms with van der Waals surface area (Å²) in [7, 11) is 5.13. The summed E-state index contributed by atoms with van der Waals surface area (Å²) in [4.78, 5) is 6.68. The van der Waals surface area contributed by atoms with Gasteiger partial charge >= 0.3 is 0 Å². The summed E-state index contributed by atoms with van der Waals surface area (Å²) in [5.41, 5.74) is 2.38. The third kappa shape index (κ3) is 4.58. The molecule has 0 aliphatic heterocycles. The maximum absolute atomic E-state index is 14.0. The van der Waals surface area contributed by atoms with Crippen molar-refractivity contribution in [3.8, 4) is 22.1 Å². The standard InChI is InChI=1S/C20H20ClFN2O2S/c1-24(11-15-16(21)5-4-6-17(15)22)10-14-12-27-20(23-14)13-7-8-18(25-2)19(9-13)26-3/h4-9,12H,10-11H2,1-3H3. The molecule has 0 bridgehead atoms. The molecule has 0 saturated heterocycles. The minimum absolute atomic E-state index is 0.293. The molecule has 0 unspecified atom stereocenters. The van der Waals surface area contributed by atoms with Crippen LogP contribution in [-0.2, 0) is 13.1 Å². The lowest BCUT2D eigenvalue weighted by Gasteiger charge is -2.16. The summed E-state index contributed by atoms with van der Waals surface area (Å²) in [6.45, 7) is 1.00. The van der Waals surface area contributed by atoms with Crippen molar-refractivity contribution in [2.75, 3.05) is 21.3 Å². The zero-order valence-electron chi connectivity index (χ0n) is 15.3. The number of halogens is 2. The average Bonchev–Trinajstić information content (AvgIpc) is 3.12. The third-order valence-corrected chi connectivity index (χ3v) is 5.40. The molecule has 2 aromatic carbocycles. The molecule has 27 heavy (non-hydrogen) atoms. The van der Waals surface area contributed by atoms with E-state index in [2.05, 4.69) is 0 Å². The van der Waals surface area contributed by atoms with Crippen LogP contribution in [0.1, 0.15) is 11.3 Å². The number of nitrogens with zero attached hydrogens (tertiary/aromatic N) is 2. The largest absolute Gasteiger partial charge is 0.493 e. The van der Waals surface area contributed by atoms with Gasteiger partial charge in [-0.05, 0) is 37.4 Å². The number of hydrogen-bond acceptors (Lipinski definition) is 5. The van der Waals surface area contributed by atoms with E-state index in [1.165, 1.54) is 6.07 Å². The molecule has 0 N–H and O–H groups in total. The van der Waals surface area contributed by atoms with Crippen molar-refractivity contribution < 1.29 is 13.9 Å². The van der Waals surface area contributed by atoms with E-state index in [0.29, 0.717) is 35.2 Å². The van der Waals surface area contributed by atoms with E-state index < -0.39 is 0 Å². The highest BCUT2D eigenvalue weighted by Crippen LogP contribution is 2.33. The molecule has 1 aromatic heterocycles. The molecule has 142 valence electrons. The normalized spacial score (nSPS) is 11.0. The second-order valence-corrected chi connectivity index (χ2v) is 7.35. The molecule has 3 aromatic rings. The number of hydrogen-bond donors (Lipinski definition) is 0. The monoisotopic (exact) mass is 406 g/mol. The molecule has 0 aliphatic rings. The molecule has 1 heterocycles. The zero-order valence-corrected chi connectivity index (χ0v) is 16.9. The third-order valence-electron chi connectivity index (χ3n) is 4.10. The molecule has 4 nitrogen and oxygen atoms in total. The lowest BCUT2D eigenvalue weighted by molar-refractivity contribution is 0.310. The van der Waals surface area contributed by atoms with Crippen molar-refractivity contribution in [1.82, 2.24) is 9.88 Å². The molecule has 0 amide bonds. The van der Waals surface area contributed by atoms with Crippen LogP contribution in [0.3, 0.4) is 0 Å². The van der Waals surface area contributed by atoms with Crippen LogP contribution < -0.4 is 9.47 Å². The fraction of sp³-hybridized carbons (Fsp3) is 0.250. The highest BCUT2D eigenvalue weighted by atomic mass is 35.5. The van der Waals surface area contributed by atoms with E-state index in [0.717, 1.165) is 16.3 Å². The molecule has 0 radical (unpaired) electrons. The predicted molar refractivity (Wildman–Crippen MR) is 107 cm³/mol. The SMILES string of the molecule is COc1ccc(-c2nc(CN(C)Cc3c(F)cccc3Cl)cs2)cc1OC. The lowest BCUT2D eigenvalue weighted by Crippen LogP contribution is -2.18. The quantitative estimate of drug-likeness (QED) is 0.536. The highest BCUT2D eigenvalue weighted by molar-refractivity contribution is 7.13. The van der Waals surface area contributed by atoms with Gasteiger partial charge in [-0.1, -0.05) is 17.7 Å². The average molecular weight is 407 g/mol. The first-order chi connectivity index (χ1) is 13.0. The number of benzene rings is 2. The summed E-state index contributed by atoms with van der Waals surface area (Å²) >= 11 is 7.67. The number of rotatable bonds is 7. The Morgan fingerprint density at radius 3 is 2.59 bits per heavy atom. The molecular weight excluding hydrogens is 387 g/mol. The van der Waals surface area contributed by atoms with Crippen molar-refractivity contribution in [3.05, 3.63) is 63.9 Å². The van der Waals surface area contributed by atoms with Gasteiger partial charge in [-0.2, -0.15) is 0 Å². The van der Waals surface area contributed by atoms with E-state index in [1.807, 2.05) is 35.5 Å². The molecule has 0 fully saturated rings. The van der Waals surface area contributed by atoms with Crippen molar-refractivity contribution >= 4 is 22.9 Å². The van der Waals surface area contributed by atoms with Gasteiger partial charge in [0.2, 0.25) is 0 Å². The Kier molecular flexibility index (Phi) is 6.31. The van der Waals surface area contributed by atoms with Crippen LogP contribution in [0.4, 0.5) is 4.39 Å². The molecule has 7 heteroatoms. The number of thiazole rings is 1. The second-order valence-electron chi connectivity index (χ2n) is 6.09. The van der Waals surface area contributed by atoms with Crippen LogP contribution in [-0.4, -0.2) is 31.2 Å². The van der Waals surface area contributed by atoms with Crippen molar-refractivity contribution in [2.24, 2.45) is 0 Å². The van der Waals surface area contributed by atoms with Crippen LogP contribution in [0.2, 0.25) is 5.02 Å². The summed E-state index contributed by atoms with van der Waals surface area (Å²) in [5.74, 6) is 1.05.